The predicted molar refractivity (Wildman–Crippen MR) is 69.5 cm³/mol. The molecule has 1 aromatic rings. The molecule has 0 unspecified atom stereocenters. The van der Waals surface area contributed by atoms with Gasteiger partial charge in [-0.15, -0.1) is 0 Å². The molecule has 0 aliphatic heterocycles. The number of imide groups is 1. The molecule has 0 aromatic heterocycles. The van der Waals surface area contributed by atoms with Crippen molar-refractivity contribution in [2.75, 3.05) is 6.54 Å². The number of benzene rings is 1. The standard InChI is InChI=1S/C14H17NO4/c1-10-4-3-5-12(8-10)9-13(17)15(11(2)16)7-6-14(18)19/h3-5,8H,6-7,9H2,1-2H3,(H,18,19). The lowest BCUT2D eigenvalue weighted by atomic mass is 10.1. The van der Waals surface area contributed by atoms with Crippen LogP contribution in [0.4, 0.5) is 0 Å². The molecule has 2 amide bonds. The van der Waals surface area contributed by atoms with Gasteiger partial charge < -0.3 is 5.11 Å². The van der Waals surface area contributed by atoms with E-state index in [9.17, 15) is 14.4 Å². The number of hydrogen-bond donors (Lipinski definition) is 1. The van der Waals surface area contributed by atoms with Gasteiger partial charge in [0.15, 0.2) is 0 Å². The van der Waals surface area contributed by atoms with Crippen molar-refractivity contribution in [2.45, 2.75) is 26.7 Å². The van der Waals surface area contributed by atoms with Crippen LogP contribution in [-0.4, -0.2) is 34.3 Å². The minimum Gasteiger partial charge on any atom is -0.481 e. The van der Waals surface area contributed by atoms with Crippen LogP contribution >= 0.6 is 0 Å². The lowest BCUT2D eigenvalue weighted by molar-refractivity contribution is -0.144. The normalized spacial score (nSPS) is 10.0. The van der Waals surface area contributed by atoms with Gasteiger partial charge in [0.05, 0.1) is 12.8 Å². The maximum Gasteiger partial charge on any atom is 0.305 e. The van der Waals surface area contributed by atoms with Crippen LogP contribution in [0, 0.1) is 6.92 Å². The second-order valence-corrected chi connectivity index (χ2v) is 4.37. The molecule has 0 spiro atoms. The van der Waals surface area contributed by atoms with E-state index in [0.717, 1.165) is 16.0 Å². The zero-order chi connectivity index (χ0) is 14.4. The fourth-order valence-corrected chi connectivity index (χ4v) is 1.76. The fraction of sp³-hybridized carbons (Fsp3) is 0.357. The fourth-order valence-electron chi connectivity index (χ4n) is 1.76. The van der Waals surface area contributed by atoms with Gasteiger partial charge in [-0.25, -0.2) is 0 Å². The zero-order valence-corrected chi connectivity index (χ0v) is 11.0. The molecule has 0 heterocycles. The molecule has 0 radical (unpaired) electrons. The van der Waals surface area contributed by atoms with Gasteiger partial charge in [-0.1, -0.05) is 29.8 Å². The molecular weight excluding hydrogens is 246 g/mol. The van der Waals surface area contributed by atoms with Crippen molar-refractivity contribution in [3.05, 3.63) is 35.4 Å². The van der Waals surface area contributed by atoms with E-state index in [1.54, 1.807) is 6.07 Å². The summed E-state index contributed by atoms with van der Waals surface area (Å²) in [6.45, 7) is 3.09. The van der Waals surface area contributed by atoms with Gasteiger partial charge in [0, 0.05) is 13.5 Å². The van der Waals surface area contributed by atoms with Crippen molar-refractivity contribution in [2.24, 2.45) is 0 Å². The van der Waals surface area contributed by atoms with Crippen molar-refractivity contribution in [1.82, 2.24) is 4.90 Å². The van der Waals surface area contributed by atoms with E-state index in [1.165, 1.54) is 6.92 Å². The minimum absolute atomic E-state index is 0.0880. The monoisotopic (exact) mass is 263 g/mol. The second-order valence-electron chi connectivity index (χ2n) is 4.37. The summed E-state index contributed by atoms with van der Waals surface area (Å²) in [5.74, 6) is -1.84. The number of amides is 2. The molecule has 0 aliphatic carbocycles. The Balaban J connectivity index is 2.72. The van der Waals surface area contributed by atoms with Gasteiger partial charge in [-0.05, 0) is 12.5 Å². The predicted octanol–water partition coefficient (Wildman–Crippen LogP) is 1.39. The summed E-state index contributed by atoms with van der Waals surface area (Å²) in [6, 6.07) is 7.43. The zero-order valence-electron chi connectivity index (χ0n) is 11.0. The topological polar surface area (TPSA) is 74.7 Å². The maximum absolute atomic E-state index is 12.0. The van der Waals surface area contributed by atoms with Crippen molar-refractivity contribution >= 4 is 17.8 Å². The number of aryl methyl sites for hydroxylation is 1. The number of carboxylic acids is 1. The molecule has 5 heteroatoms. The molecule has 1 rings (SSSR count). The number of nitrogens with zero attached hydrogens (tertiary/aromatic N) is 1. The van der Waals surface area contributed by atoms with E-state index >= 15 is 0 Å². The van der Waals surface area contributed by atoms with Gasteiger partial charge in [-0.2, -0.15) is 0 Å². The number of hydrogen-bond acceptors (Lipinski definition) is 3. The Morgan fingerprint density at radius 3 is 2.47 bits per heavy atom. The van der Waals surface area contributed by atoms with Crippen molar-refractivity contribution in [3.63, 3.8) is 0 Å². The van der Waals surface area contributed by atoms with Crippen LogP contribution in [0.25, 0.3) is 0 Å². The number of carbonyl (C=O) groups excluding carboxylic acids is 2. The number of aliphatic carboxylic acids is 1. The Hall–Kier alpha value is -2.17. The molecule has 0 saturated heterocycles. The first kappa shape index (κ1) is 14.9. The third-order valence-corrected chi connectivity index (χ3v) is 2.67. The largest absolute Gasteiger partial charge is 0.481 e. The van der Waals surface area contributed by atoms with Crippen molar-refractivity contribution in [3.8, 4) is 0 Å². The highest BCUT2D eigenvalue weighted by molar-refractivity contribution is 5.95. The number of rotatable bonds is 5. The quantitative estimate of drug-likeness (QED) is 0.871. The summed E-state index contributed by atoms with van der Waals surface area (Å²) in [5, 5.41) is 8.60. The Labute approximate surface area is 111 Å². The molecule has 0 fully saturated rings. The summed E-state index contributed by atoms with van der Waals surface area (Å²) >= 11 is 0. The summed E-state index contributed by atoms with van der Waals surface area (Å²) in [6.07, 6.45) is -0.139. The third kappa shape index (κ3) is 4.91. The number of carbonyl (C=O) groups is 3. The van der Waals surface area contributed by atoms with E-state index in [4.69, 9.17) is 5.11 Å². The smallest absolute Gasteiger partial charge is 0.305 e. The third-order valence-electron chi connectivity index (χ3n) is 2.67. The summed E-state index contributed by atoms with van der Waals surface area (Å²) in [4.78, 5) is 34.8. The molecule has 19 heavy (non-hydrogen) atoms. The maximum atomic E-state index is 12.0. The Morgan fingerprint density at radius 1 is 1.26 bits per heavy atom. The summed E-state index contributed by atoms with van der Waals surface area (Å²) < 4.78 is 0. The van der Waals surface area contributed by atoms with Gasteiger partial charge in [0.25, 0.3) is 0 Å². The van der Waals surface area contributed by atoms with Crippen LogP contribution in [0.15, 0.2) is 24.3 Å². The SMILES string of the molecule is CC(=O)N(CCC(=O)O)C(=O)Cc1cccc(C)c1. The molecular formula is C14H17NO4. The highest BCUT2D eigenvalue weighted by Crippen LogP contribution is 2.07. The Kier molecular flexibility index (Phi) is 5.23. The average molecular weight is 263 g/mol. The van der Waals surface area contributed by atoms with E-state index in [-0.39, 0.29) is 25.3 Å². The van der Waals surface area contributed by atoms with E-state index < -0.39 is 11.9 Å². The lowest BCUT2D eigenvalue weighted by Crippen LogP contribution is -2.37. The molecule has 0 bridgehead atoms. The van der Waals surface area contributed by atoms with Crippen LogP contribution in [0.1, 0.15) is 24.5 Å². The number of carboxylic acid groups (broad SMARTS) is 1. The molecule has 1 aromatic carbocycles. The van der Waals surface area contributed by atoms with Gasteiger partial charge in [0.2, 0.25) is 11.8 Å². The van der Waals surface area contributed by atoms with E-state index in [0.29, 0.717) is 0 Å². The molecule has 5 nitrogen and oxygen atoms in total. The highest BCUT2D eigenvalue weighted by Gasteiger charge is 2.19. The summed E-state index contributed by atoms with van der Waals surface area (Å²) in [7, 11) is 0. The first-order chi connectivity index (χ1) is 8.90. The Morgan fingerprint density at radius 2 is 1.95 bits per heavy atom. The molecule has 0 aliphatic rings. The van der Waals surface area contributed by atoms with E-state index in [1.807, 2.05) is 25.1 Å². The van der Waals surface area contributed by atoms with Gasteiger partial charge >= 0.3 is 5.97 Å². The van der Waals surface area contributed by atoms with Crippen LogP contribution in [0.5, 0.6) is 0 Å². The molecule has 0 atom stereocenters. The van der Waals surface area contributed by atoms with E-state index in [2.05, 4.69) is 0 Å². The Bertz CT molecular complexity index is 496. The summed E-state index contributed by atoms with van der Waals surface area (Å²) in [5.41, 5.74) is 1.84. The average Bonchev–Trinajstić information content (AvgIpc) is 2.28. The van der Waals surface area contributed by atoms with Crippen LogP contribution in [0.2, 0.25) is 0 Å². The first-order valence-electron chi connectivity index (χ1n) is 5.98. The highest BCUT2D eigenvalue weighted by atomic mass is 16.4. The minimum atomic E-state index is -1.03. The molecule has 0 saturated carbocycles. The lowest BCUT2D eigenvalue weighted by Gasteiger charge is -2.18. The van der Waals surface area contributed by atoms with Crippen molar-refractivity contribution in [1.29, 1.82) is 0 Å². The van der Waals surface area contributed by atoms with Crippen molar-refractivity contribution < 1.29 is 19.5 Å². The van der Waals surface area contributed by atoms with Gasteiger partial charge in [0.1, 0.15) is 0 Å². The van der Waals surface area contributed by atoms with Crippen LogP contribution < -0.4 is 0 Å². The second kappa shape index (κ2) is 6.68. The van der Waals surface area contributed by atoms with Crippen LogP contribution in [0.3, 0.4) is 0 Å². The first-order valence-corrected chi connectivity index (χ1v) is 5.98. The molecule has 102 valence electrons. The van der Waals surface area contributed by atoms with Gasteiger partial charge in [-0.3, -0.25) is 19.3 Å². The molecule has 1 N–H and O–H groups in total. The van der Waals surface area contributed by atoms with Crippen LogP contribution in [-0.2, 0) is 20.8 Å².